The summed E-state index contributed by atoms with van der Waals surface area (Å²) in [6.45, 7) is 3.89. The Kier molecular flexibility index (Phi) is 3.52. The summed E-state index contributed by atoms with van der Waals surface area (Å²) < 4.78 is 0. The minimum Gasteiger partial charge on any atom is -0.478 e. The van der Waals surface area contributed by atoms with E-state index in [-0.39, 0.29) is 0 Å². The van der Waals surface area contributed by atoms with E-state index in [1.54, 1.807) is 12.1 Å². The van der Waals surface area contributed by atoms with E-state index in [9.17, 15) is 9.90 Å². The molecule has 1 aromatic carbocycles. The van der Waals surface area contributed by atoms with E-state index in [2.05, 4.69) is 15.2 Å². The van der Waals surface area contributed by atoms with Gasteiger partial charge in [-0.15, -0.1) is 0 Å². The number of rotatable bonds is 2. The number of hydrogen-bond donors (Lipinski definition) is 2. The van der Waals surface area contributed by atoms with Gasteiger partial charge in [-0.3, -0.25) is 0 Å². The Hall–Kier alpha value is -2.14. The SMILES string of the molecule is O=C(O)c1cccc2nc(N3CCCNCC3)ccc12. The molecule has 0 saturated carbocycles. The second-order valence-electron chi connectivity index (χ2n) is 4.94. The topological polar surface area (TPSA) is 65.5 Å². The molecular formula is C15H17N3O2. The van der Waals surface area contributed by atoms with Gasteiger partial charge in [-0.25, -0.2) is 9.78 Å². The van der Waals surface area contributed by atoms with Gasteiger partial charge in [-0.05, 0) is 37.2 Å². The van der Waals surface area contributed by atoms with Crippen molar-refractivity contribution in [1.29, 1.82) is 0 Å². The number of anilines is 1. The summed E-state index contributed by atoms with van der Waals surface area (Å²) in [6.07, 6.45) is 1.09. The van der Waals surface area contributed by atoms with Crippen LogP contribution in [-0.2, 0) is 0 Å². The number of hydrogen-bond acceptors (Lipinski definition) is 4. The average molecular weight is 271 g/mol. The van der Waals surface area contributed by atoms with Gasteiger partial charge in [-0.1, -0.05) is 6.07 Å². The van der Waals surface area contributed by atoms with E-state index < -0.39 is 5.97 Å². The number of carboxylic acids is 1. The highest BCUT2D eigenvalue weighted by atomic mass is 16.4. The molecule has 0 amide bonds. The zero-order valence-corrected chi connectivity index (χ0v) is 11.2. The zero-order valence-electron chi connectivity index (χ0n) is 11.2. The molecule has 0 unspecified atom stereocenters. The van der Waals surface area contributed by atoms with Crippen LogP contribution >= 0.6 is 0 Å². The summed E-state index contributed by atoms with van der Waals surface area (Å²) in [6, 6.07) is 9.00. The highest BCUT2D eigenvalue weighted by molar-refractivity contribution is 6.02. The van der Waals surface area contributed by atoms with Gasteiger partial charge in [0.2, 0.25) is 0 Å². The van der Waals surface area contributed by atoms with Gasteiger partial charge in [-0.2, -0.15) is 0 Å². The highest BCUT2D eigenvalue weighted by Crippen LogP contribution is 2.21. The van der Waals surface area contributed by atoms with E-state index in [1.807, 2.05) is 18.2 Å². The summed E-state index contributed by atoms with van der Waals surface area (Å²) in [5.41, 5.74) is 1.04. The van der Waals surface area contributed by atoms with Crippen LogP contribution in [-0.4, -0.2) is 42.2 Å². The third kappa shape index (κ3) is 2.44. The molecular weight excluding hydrogens is 254 g/mol. The second kappa shape index (κ2) is 5.46. The van der Waals surface area contributed by atoms with Crippen LogP contribution in [0.1, 0.15) is 16.8 Å². The maximum atomic E-state index is 11.2. The van der Waals surface area contributed by atoms with Crippen LogP contribution in [0.3, 0.4) is 0 Å². The Morgan fingerprint density at radius 3 is 2.95 bits per heavy atom. The Morgan fingerprint density at radius 2 is 2.10 bits per heavy atom. The second-order valence-corrected chi connectivity index (χ2v) is 4.94. The minimum atomic E-state index is -0.913. The highest BCUT2D eigenvalue weighted by Gasteiger charge is 2.13. The molecule has 1 saturated heterocycles. The first kappa shape index (κ1) is 12.9. The number of nitrogens with zero attached hydrogens (tertiary/aromatic N) is 2. The molecule has 0 aliphatic carbocycles. The smallest absolute Gasteiger partial charge is 0.336 e. The molecule has 1 aliphatic rings. The van der Waals surface area contributed by atoms with Crippen molar-refractivity contribution in [3.8, 4) is 0 Å². The summed E-state index contributed by atoms with van der Waals surface area (Å²) >= 11 is 0. The van der Waals surface area contributed by atoms with Crippen LogP contribution in [0.2, 0.25) is 0 Å². The zero-order chi connectivity index (χ0) is 13.9. The average Bonchev–Trinajstić information content (AvgIpc) is 2.75. The third-order valence-corrected chi connectivity index (χ3v) is 3.61. The van der Waals surface area contributed by atoms with Gasteiger partial charge in [0.15, 0.2) is 0 Å². The predicted octanol–water partition coefficient (Wildman–Crippen LogP) is 1.73. The fourth-order valence-electron chi connectivity index (χ4n) is 2.58. The first-order chi connectivity index (χ1) is 9.75. The fourth-order valence-corrected chi connectivity index (χ4v) is 2.58. The van der Waals surface area contributed by atoms with E-state index >= 15 is 0 Å². The van der Waals surface area contributed by atoms with Gasteiger partial charge in [0.05, 0.1) is 11.1 Å². The van der Waals surface area contributed by atoms with E-state index in [4.69, 9.17) is 0 Å². The van der Waals surface area contributed by atoms with Crippen molar-refractivity contribution in [1.82, 2.24) is 10.3 Å². The molecule has 1 fully saturated rings. The molecule has 2 heterocycles. The summed E-state index contributed by atoms with van der Waals surface area (Å²) in [7, 11) is 0. The molecule has 1 aliphatic heterocycles. The van der Waals surface area contributed by atoms with E-state index in [0.717, 1.165) is 43.9 Å². The minimum absolute atomic E-state index is 0.305. The van der Waals surface area contributed by atoms with Gasteiger partial charge >= 0.3 is 5.97 Å². The number of carboxylic acid groups (broad SMARTS) is 1. The number of fused-ring (bicyclic) bond motifs is 1. The molecule has 3 rings (SSSR count). The lowest BCUT2D eigenvalue weighted by Gasteiger charge is -2.21. The van der Waals surface area contributed by atoms with Crippen molar-refractivity contribution < 1.29 is 9.90 Å². The molecule has 104 valence electrons. The molecule has 0 atom stereocenters. The molecule has 1 aromatic heterocycles. The van der Waals surface area contributed by atoms with Crippen LogP contribution in [0.15, 0.2) is 30.3 Å². The number of nitrogens with one attached hydrogen (secondary N) is 1. The van der Waals surface area contributed by atoms with Crippen molar-refractivity contribution in [2.75, 3.05) is 31.1 Å². The van der Waals surface area contributed by atoms with Crippen molar-refractivity contribution in [2.24, 2.45) is 0 Å². The summed E-state index contributed by atoms with van der Waals surface area (Å²) in [5.74, 6) is 0.00728. The predicted molar refractivity (Wildman–Crippen MR) is 78.4 cm³/mol. The molecule has 5 nitrogen and oxygen atoms in total. The lowest BCUT2D eigenvalue weighted by Crippen LogP contribution is -2.28. The maximum absolute atomic E-state index is 11.2. The van der Waals surface area contributed by atoms with Crippen LogP contribution in [0.5, 0.6) is 0 Å². The molecule has 0 bridgehead atoms. The monoisotopic (exact) mass is 271 g/mol. The summed E-state index contributed by atoms with van der Waals surface area (Å²) in [4.78, 5) is 18.1. The lowest BCUT2D eigenvalue weighted by molar-refractivity contribution is 0.0699. The number of carbonyl (C=O) groups is 1. The number of pyridine rings is 1. The Bertz CT molecular complexity index is 634. The van der Waals surface area contributed by atoms with Crippen molar-refractivity contribution in [3.05, 3.63) is 35.9 Å². The molecule has 0 radical (unpaired) electrons. The van der Waals surface area contributed by atoms with Gasteiger partial charge < -0.3 is 15.3 Å². The molecule has 0 spiro atoms. The van der Waals surface area contributed by atoms with Crippen molar-refractivity contribution in [2.45, 2.75) is 6.42 Å². The Morgan fingerprint density at radius 1 is 1.20 bits per heavy atom. The van der Waals surface area contributed by atoms with Gasteiger partial charge in [0, 0.05) is 25.0 Å². The summed E-state index contributed by atoms with van der Waals surface area (Å²) in [5, 5.41) is 13.2. The fraction of sp³-hybridized carbons (Fsp3) is 0.333. The molecule has 20 heavy (non-hydrogen) atoms. The Labute approximate surface area is 117 Å². The Balaban J connectivity index is 2.00. The third-order valence-electron chi connectivity index (χ3n) is 3.61. The van der Waals surface area contributed by atoms with Crippen molar-refractivity contribution in [3.63, 3.8) is 0 Å². The first-order valence-electron chi connectivity index (χ1n) is 6.84. The number of benzene rings is 1. The number of aromatic nitrogens is 1. The van der Waals surface area contributed by atoms with Crippen molar-refractivity contribution >= 4 is 22.7 Å². The van der Waals surface area contributed by atoms with Crippen LogP contribution in [0.4, 0.5) is 5.82 Å². The normalized spacial score (nSPS) is 16.1. The maximum Gasteiger partial charge on any atom is 0.336 e. The van der Waals surface area contributed by atoms with Crippen LogP contribution in [0, 0.1) is 0 Å². The lowest BCUT2D eigenvalue weighted by atomic mass is 10.1. The molecule has 2 N–H and O–H groups in total. The first-order valence-corrected chi connectivity index (χ1v) is 6.84. The van der Waals surface area contributed by atoms with E-state index in [0.29, 0.717) is 10.9 Å². The number of aromatic carboxylic acids is 1. The quantitative estimate of drug-likeness (QED) is 0.871. The standard InChI is InChI=1S/C15H17N3O2/c19-15(20)12-3-1-4-13-11(12)5-6-14(17-13)18-9-2-7-16-8-10-18/h1,3-6,16H,2,7-10H2,(H,19,20). The van der Waals surface area contributed by atoms with Crippen LogP contribution < -0.4 is 10.2 Å². The van der Waals surface area contributed by atoms with E-state index in [1.165, 1.54) is 0 Å². The largest absolute Gasteiger partial charge is 0.478 e. The molecule has 2 aromatic rings. The van der Waals surface area contributed by atoms with Gasteiger partial charge in [0.1, 0.15) is 5.82 Å². The van der Waals surface area contributed by atoms with Crippen LogP contribution in [0.25, 0.3) is 10.9 Å². The van der Waals surface area contributed by atoms with Gasteiger partial charge in [0.25, 0.3) is 0 Å². The molecule has 5 heteroatoms.